The fraction of sp³-hybridized carbons (Fsp3) is 0.562. The predicted octanol–water partition coefficient (Wildman–Crippen LogP) is 2.50. The van der Waals surface area contributed by atoms with Gasteiger partial charge in [0.1, 0.15) is 0 Å². The second kappa shape index (κ2) is 7.90. The molecule has 112 valence electrons. The monoisotopic (exact) mass is 277 g/mol. The zero-order valence-electron chi connectivity index (χ0n) is 13.3. The van der Waals surface area contributed by atoms with Crippen LogP contribution in [-0.2, 0) is 0 Å². The third kappa shape index (κ3) is 5.21. The number of carbonyl (C=O) groups is 1. The van der Waals surface area contributed by atoms with Gasteiger partial charge in [0.2, 0.25) is 0 Å². The molecule has 4 nitrogen and oxygen atoms in total. The predicted molar refractivity (Wildman–Crippen MR) is 85.4 cm³/mol. The number of aryl methyl sites for hydroxylation is 1. The standard InChI is InChI=1S/C16H27N3O/c1-6-17-15-8-7-12(2)11-14(15)16(20)18-13(3)9-10-19(4)5/h7-8,11,13,17H,6,9-10H2,1-5H3,(H,18,20). The first kappa shape index (κ1) is 16.5. The van der Waals surface area contributed by atoms with E-state index in [4.69, 9.17) is 0 Å². The lowest BCUT2D eigenvalue weighted by Gasteiger charge is -2.18. The zero-order valence-corrected chi connectivity index (χ0v) is 13.3. The number of amides is 1. The Morgan fingerprint density at radius 3 is 2.65 bits per heavy atom. The highest BCUT2D eigenvalue weighted by atomic mass is 16.1. The smallest absolute Gasteiger partial charge is 0.253 e. The molecule has 1 aromatic rings. The molecule has 0 fully saturated rings. The van der Waals surface area contributed by atoms with Crippen molar-refractivity contribution in [2.24, 2.45) is 0 Å². The molecule has 4 heteroatoms. The Balaban J connectivity index is 2.73. The van der Waals surface area contributed by atoms with Gasteiger partial charge in [-0.1, -0.05) is 11.6 Å². The molecule has 0 heterocycles. The van der Waals surface area contributed by atoms with Crippen LogP contribution in [0.4, 0.5) is 5.69 Å². The highest BCUT2D eigenvalue weighted by molar-refractivity contribution is 6.00. The summed E-state index contributed by atoms with van der Waals surface area (Å²) >= 11 is 0. The normalized spacial score (nSPS) is 12.3. The van der Waals surface area contributed by atoms with Crippen LogP contribution in [0, 0.1) is 6.92 Å². The van der Waals surface area contributed by atoms with E-state index in [1.54, 1.807) is 0 Å². The molecule has 0 aliphatic rings. The lowest BCUT2D eigenvalue weighted by Crippen LogP contribution is -2.35. The van der Waals surface area contributed by atoms with Crippen LogP contribution in [0.25, 0.3) is 0 Å². The van der Waals surface area contributed by atoms with Crippen molar-refractivity contribution < 1.29 is 4.79 Å². The van der Waals surface area contributed by atoms with Crippen LogP contribution >= 0.6 is 0 Å². The van der Waals surface area contributed by atoms with Gasteiger partial charge in [-0.05, 0) is 60.0 Å². The molecule has 0 aromatic heterocycles. The van der Waals surface area contributed by atoms with Crippen LogP contribution < -0.4 is 10.6 Å². The molecular weight excluding hydrogens is 250 g/mol. The van der Waals surface area contributed by atoms with E-state index in [-0.39, 0.29) is 11.9 Å². The summed E-state index contributed by atoms with van der Waals surface area (Å²) in [5.41, 5.74) is 2.72. The molecule has 0 aliphatic carbocycles. The first-order valence-corrected chi connectivity index (χ1v) is 7.24. The van der Waals surface area contributed by atoms with Gasteiger partial charge in [-0.3, -0.25) is 4.79 Å². The van der Waals surface area contributed by atoms with Crippen molar-refractivity contribution in [1.82, 2.24) is 10.2 Å². The quantitative estimate of drug-likeness (QED) is 0.805. The van der Waals surface area contributed by atoms with E-state index in [0.717, 1.165) is 36.3 Å². The zero-order chi connectivity index (χ0) is 15.1. The van der Waals surface area contributed by atoms with Gasteiger partial charge in [-0.2, -0.15) is 0 Å². The van der Waals surface area contributed by atoms with Crippen molar-refractivity contribution in [3.8, 4) is 0 Å². The van der Waals surface area contributed by atoms with Crippen LogP contribution in [0.15, 0.2) is 18.2 Å². The minimum Gasteiger partial charge on any atom is -0.385 e. The Morgan fingerprint density at radius 1 is 1.35 bits per heavy atom. The SMILES string of the molecule is CCNc1ccc(C)cc1C(=O)NC(C)CCN(C)C. The Bertz CT molecular complexity index is 443. The minimum absolute atomic E-state index is 0.00379. The molecule has 1 rings (SSSR count). The molecule has 1 amide bonds. The molecule has 1 aromatic carbocycles. The maximum atomic E-state index is 12.4. The highest BCUT2D eigenvalue weighted by Crippen LogP contribution is 2.17. The van der Waals surface area contributed by atoms with Gasteiger partial charge in [0.05, 0.1) is 5.56 Å². The van der Waals surface area contributed by atoms with Gasteiger partial charge in [-0.15, -0.1) is 0 Å². The first-order valence-electron chi connectivity index (χ1n) is 7.24. The van der Waals surface area contributed by atoms with Gasteiger partial charge >= 0.3 is 0 Å². The molecule has 1 atom stereocenters. The fourth-order valence-electron chi connectivity index (χ4n) is 2.02. The summed E-state index contributed by atoms with van der Waals surface area (Å²) < 4.78 is 0. The topological polar surface area (TPSA) is 44.4 Å². The average molecular weight is 277 g/mol. The van der Waals surface area contributed by atoms with Crippen molar-refractivity contribution in [3.63, 3.8) is 0 Å². The molecule has 0 spiro atoms. The van der Waals surface area contributed by atoms with Gasteiger partial charge in [0.15, 0.2) is 0 Å². The third-order valence-corrected chi connectivity index (χ3v) is 3.17. The molecular formula is C16H27N3O. The van der Waals surface area contributed by atoms with E-state index in [2.05, 4.69) is 15.5 Å². The van der Waals surface area contributed by atoms with Crippen molar-refractivity contribution in [2.45, 2.75) is 33.2 Å². The molecule has 0 bridgehead atoms. The molecule has 20 heavy (non-hydrogen) atoms. The summed E-state index contributed by atoms with van der Waals surface area (Å²) in [4.78, 5) is 14.5. The highest BCUT2D eigenvalue weighted by Gasteiger charge is 2.14. The number of hydrogen-bond acceptors (Lipinski definition) is 3. The van der Waals surface area contributed by atoms with Crippen LogP contribution in [0.3, 0.4) is 0 Å². The van der Waals surface area contributed by atoms with E-state index in [9.17, 15) is 4.79 Å². The first-order chi connectivity index (χ1) is 9.43. The summed E-state index contributed by atoms with van der Waals surface area (Å²) in [5, 5.41) is 6.31. The fourth-order valence-corrected chi connectivity index (χ4v) is 2.02. The molecule has 2 N–H and O–H groups in total. The Hall–Kier alpha value is -1.55. The summed E-state index contributed by atoms with van der Waals surface area (Å²) in [6, 6.07) is 6.09. The Morgan fingerprint density at radius 2 is 2.05 bits per heavy atom. The number of benzene rings is 1. The summed E-state index contributed by atoms with van der Waals surface area (Å²) in [6.07, 6.45) is 0.946. The van der Waals surface area contributed by atoms with E-state index in [1.807, 2.05) is 53.1 Å². The maximum Gasteiger partial charge on any atom is 0.253 e. The van der Waals surface area contributed by atoms with Crippen molar-refractivity contribution >= 4 is 11.6 Å². The lowest BCUT2D eigenvalue weighted by atomic mass is 10.1. The number of rotatable bonds is 7. The van der Waals surface area contributed by atoms with Gasteiger partial charge in [0, 0.05) is 18.3 Å². The summed E-state index contributed by atoms with van der Waals surface area (Å²) in [7, 11) is 4.08. The van der Waals surface area contributed by atoms with E-state index in [0.29, 0.717) is 0 Å². The largest absolute Gasteiger partial charge is 0.385 e. The van der Waals surface area contributed by atoms with Crippen molar-refractivity contribution in [2.75, 3.05) is 32.5 Å². The number of carbonyl (C=O) groups excluding carboxylic acids is 1. The van der Waals surface area contributed by atoms with Crippen molar-refractivity contribution in [1.29, 1.82) is 0 Å². The van der Waals surface area contributed by atoms with Crippen LogP contribution in [0.2, 0.25) is 0 Å². The van der Waals surface area contributed by atoms with Gasteiger partial charge in [-0.25, -0.2) is 0 Å². The van der Waals surface area contributed by atoms with Gasteiger partial charge < -0.3 is 15.5 Å². The minimum atomic E-state index is -0.00379. The van der Waals surface area contributed by atoms with E-state index < -0.39 is 0 Å². The third-order valence-electron chi connectivity index (χ3n) is 3.17. The van der Waals surface area contributed by atoms with Crippen LogP contribution in [-0.4, -0.2) is 44.0 Å². The Labute approximate surface area is 122 Å². The number of nitrogens with zero attached hydrogens (tertiary/aromatic N) is 1. The second-order valence-corrected chi connectivity index (χ2v) is 5.55. The molecule has 0 saturated heterocycles. The van der Waals surface area contributed by atoms with Gasteiger partial charge in [0.25, 0.3) is 5.91 Å². The summed E-state index contributed by atoms with van der Waals surface area (Å²) in [6.45, 7) is 7.85. The average Bonchev–Trinajstić information content (AvgIpc) is 2.38. The Kier molecular flexibility index (Phi) is 6.52. The van der Waals surface area contributed by atoms with Crippen LogP contribution in [0.1, 0.15) is 36.2 Å². The number of anilines is 1. The van der Waals surface area contributed by atoms with Crippen LogP contribution in [0.5, 0.6) is 0 Å². The van der Waals surface area contributed by atoms with Crippen molar-refractivity contribution in [3.05, 3.63) is 29.3 Å². The lowest BCUT2D eigenvalue weighted by molar-refractivity contribution is 0.0937. The summed E-state index contributed by atoms with van der Waals surface area (Å²) in [5.74, 6) is -0.00379. The second-order valence-electron chi connectivity index (χ2n) is 5.55. The van der Waals surface area contributed by atoms with E-state index >= 15 is 0 Å². The maximum absolute atomic E-state index is 12.4. The number of hydrogen-bond donors (Lipinski definition) is 2. The molecule has 0 radical (unpaired) electrons. The number of nitrogens with one attached hydrogen (secondary N) is 2. The van der Waals surface area contributed by atoms with E-state index in [1.165, 1.54) is 0 Å². The molecule has 0 saturated carbocycles. The molecule has 0 aliphatic heterocycles. The molecule has 1 unspecified atom stereocenters.